The topological polar surface area (TPSA) is 81.4 Å². The Morgan fingerprint density at radius 3 is 2.59 bits per heavy atom. The van der Waals surface area contributed by atoms with Crippen LogP contribution in [-0.2, 0) is 4.79 Å². The quantitative estimate of drug-likeness (QED) is 0.564. The maximum atomic E-state index is 12.0. The number of fused-ring (bicyclic) bond motifs is 3. The van der Waals surface area contributed by atoms with Crippen molar-refractivity contribution in [1.82, 2.24) is 19.6 Å². The second-order valence-corrected chi connectivity index (χ2v) is 8.56. The maximum Gasteiger partial charge on any atom is 0.204 e. The zero-order chi connectivity index (χ0) is 21.2. The van der Waals surface area contributed by atoms with Crippen LogP contribution in [0.4, 0.5) is 5.82 Å². The van der Waals surface area contributed by atoms with Gasteiger partial charge in [0.1, 0.15) is 22.9 Å². The van der Waals surface area contributed by atoms with E-state index >= 15 is 0 Å². The number of aromatic nitrogens is 4. The standard InChI is InChI=1S/C22H31N5O2/c1-14-11-12-16-18(19(14)29-6)24-20(21-26-25-15(2)27(16)21)23-13-9-7-8-10-17(28)22(3,4)5/h11-12H,7-10,13H2,1-6H3,(H,23,24). The fourth-order valence-electron chi connectivity index (χ4n) is 3.46. The maximum absolute atomic E-state index is 12.0. The normalized spacial score (nSPS) is 11.9. The van der Waals surface area contributed by atoms with Gasteiger partial charge in [-0.25, -0.2) is 4.98 Å². The van der Waals surface area contributed by atoms with Crippen molar-refractivity contribution < 1.29 is 9.53 Å². The van der Waals surface area contributed by atoms with Crippen molar-refractivity contribution in [2.45, 2.75) is 60.3 Å². The molecule has 1 N–H and O–H groups in total. The molecule has 0 aliphatic carbocycles. The number of nitrogens with zero attached hydrogens (tertiary/aromatic N) is 4. The lowest BCUT2D eigenvalue weighted by atomic mass is 9.88. The molecule has 0 bridgehead atoms. The SMILES string of the molecule is COc1c(C)ccc2c1nc(NCCCCCC(=O)C(C)(C)C)c1nnc(C)n12. The fourth-order valence-corrected chi connectivity index (χ4v) is 3.46. The van der Waals surface area contributed by atoms with E-state index in [-0.39, 0.29) is 5.41 Å². The molecular formula is C22H31N5O2. The van der Waals surface area contributed by atoms with Gasteiger partial charge in [0.2, 0.25) is 5.65 Å². The third-order valence-corrected chi connectivity index (χ3v) is 5.22. The Hall–Kier alpha value is -2.70. The molecular weight excluding hydrogens is 366 g/mol. The molecule has 0 fully saturated rings. The second kappa shape index (κ2) is 8.35. The number of ketones is 1. The predicted octanol–water partition coefficient (Wildman–Crippen LogP) is 4.49. The molecule has 2 heterocycles. The summed E-state index contributed by atoms with van der Waals surface area (Å²) in [6.45, 7) is 10.6. The third kappa shape index (κ3) is 4.33. The van der Waals surface area contributed by atoms with Gasteiger partial charge in [0.15, 0.2) is 5.82 Å². The molecule has 0 aliphatic rings. The van der Waals surface area contributed by atoms with Crippen LogP contribution in [0.1, 0.15) is 57.8 Å². The van der Waals surface area contributed by atoms with E-state index in [0.717, 1.165) is 54.0 Å². The second-order valence-electron chi connectivity index (χ2n) is 8.56. The number of anilines is 1. The van der Waals surface area contributed by atoms with Crippen molar-refractivity contribution in [3.63, 3.8) is 0 Å². The van der Waals surface area contributed by atoms with Crippen LogP contribution in [0, 0.1) is 19.3 Å². The van der Waals surface area contributed by atoms with E-state index in [1.54, 1.807) is 7.11 Å². The summed E-state index contributed by atoms with van der Waals surface area (Å²) in [7, 11) is 1.67. The van der Waals surface area contributed by atoms with Crippen LogP contribution in [-0.4, -0.2) is 39.0 Å². The van der Waals surface area contributed by atoms with Crippen LogP contribution in [0.2, 0.25) is 0 Å². The first kappa shape index (κ1) is 21.0. The third-order valence-electron chi connectivity index (χ3n) is 5.22. The van der Waals surface area contributed by atoms with Gasteiger partial charge < -0.3 is 10.1 Å². The molecule has 29 heavy (non-hydrogen) atoms. The minimum absolute atomic E-state index is 0.248. The molecule has 0 atom stereocenters. The largest absolute Gasteiger partial charge is 0.494 e. The number of methoxy groups -OCH3 is 1. The number of rotatable bonds is 8. The highest BCUT2D eigenvalue weighted by Crippen LogP contribution is 2.31. The fraction of sp³-hybridized carbons (Fsp3) is 0.545. The Morgan fingerprint density at radius 1 is 1.14 bits per heavy atom. The van der Waals surface area contributed by atoms with E-state index in [1.165, 1.54) is 0 Å². The lowest BCUT2D eigenvalue weighted by Crippen LogP contribution is -2.19. The summed E-state index contributed by atoms with van der Waals surface area (Å²) >= 11 is 0. The molecule has 0 aliphatic heterocycles. The Kier molecular flexibility index (Phi) is 6.05. The number of ether oxygens (including phenoxy) is 1. The van der Waals surface area contributed by atoms with Gasteiger partial charge in [-0.05, 0) is 38.3 Å². The molecule has 0 saturated carbocycles. The monoisotopic (exact) mass is 397 g/mol. The Bertz CT molecular complexity index is 1030. The number of carbonyl (C=O) groups excluding carboxylic acids is 1. The first-order valence-electron chi connectivity index (χ1n) is 10.2. The Labute approximate surface area is 171 Å². The highest BCUT2D eigenvalue weighted by atomic mass is 16.5. The van der Waals surface area contributed by atoms with Gasteiger partial charge in [0, 0.05) is 18.4 Å². The highest BCUT2D eigenvalue weighted by molar-refractivity contribution is 5.88. The molecule has 0 unspecified atom stereocenters. The molecule has 7 nitrogen and oxygen atoms in total. The van der Waals surface area contributed by atoms with Gasteiger partial charge in [-0.3, -0.25) is 9.20 Å². The Morgan fingerprint density at radius 2 is 1.90 bits per heavy atom. The molecule has 3 rings (SSSR count). The van der Waals surface area contributed by atoms with Crippen molar-refractivity contribution in [2.24, 2.45) is 5.41 Å². The molecule has 0 spiro atoms. The van der Waals surface area contributed by atoms with Gasteiger partial charge in [0.05, 0.1) is 12.6 Å². The molecule has 0 radical (unpaired) electrons. The smallest absolute Gasteiger partial charge is 0.204 e. The van der Waals surface area contributed by atoms with E-state index in [9.17, 15) is 4.79 Å². The van der Waals surface area contributed by atoms with E-state index in [4.69, 9.17) is 9.72 Å². The first-order valence-corrected chi connectivity index (χ1v) is 10.2. The lowest BCUT2D eigenvalue weighted by Gasteiger charge is -2.16. The summed E-state index contributed by atoms with van der Waals surface area (Å²) in [6.07, 6.45) is 3.51. The molecule has 7 heteroatoms. The predicted molar refractivity (Wildman–Crippen MR) is 116 cm³/mol. The van der Waals surface area contributed by atoms with Crippen LogP contribution in [0.5, 0.6) is 5.75 Å². The minimum Gasteiger partial charge on any atom is -0.494 e. The van der Waals surface area contributed by atoms with Crippen molar-refractivity contribution in [2.75, 3.05) is 19.0 Å². The Balaban J connectivity index is 1.75. The van der Waals surface area contributed by atoms with Gasteiger partial charge in [-0.15, -0.1) is 10.2 Å². The molecule has 3 aromatic rings. The average Bonchev–Trinajstić information content (AvgIpc) is 3.05. The molecule has 0 saturated heterocycles. The van der Waals surface area contributed by atoms with Crippen LogP contribution in [0.25, 0.3) is 16.7 Å². The summed E-state index contributed by atoms with van der Waals surface area (Å²) in [5.41, 5.74) is 3.22. The number of hydrogen-bond donors (Lipinski definition) is 1. The van der Waals surface area contributed by atoms with E-state index < -0.39 is 0 Å². The van der Waals surface area contributed by atoms with Crippen molar-refractivity contribution in [3.8, 4) is 5.75 Å². The number of aryl methyl sites for hydroxylation is 2. The van der Waals surface area contributed by atoms with Crippen LogP contribution >= 0.6 is 0 Å². The molecule has 0 amide bonds. The summed E-state index contributed by atoms with van der Waals surface area (Å²) in [6, 6.07) is 4.05. The highest BCUT2D eigenvalue weighted by Gasteiger charge is 2.20. The average molecular weight is 398 g/mol. The van der Waals surface area contributed by atoms with E-state index in [2.05, 4.69) is 15.5 Å². The number of hydrogen-bond acceptors (Lipinski definition) is 6. The number of benzene rings is 1. The molecule has 2 aromatic heterocycles. The van der Waals surface area contributed by atoms with Crippen molar-refractivity contribution in [3.05, 3.63) is 23.5 Å². The van der Waals surface area contributed by atoms with Crippen LogP contribution in [0.15, 0.2) is 12.1 Å². The summed E-state index contributed by atoms with van der Waals surface area (Å²) < 4.78 is 7.62. The van der Waals surface area contributed by atoms with Crippen LogP contribution in [0.3, 0.4) is 0 Å². The summed E-state index contributed by atoms with van der Waals surface area (Å²) in [5, 5.41) is 12.0. The number of carbonyl (C=O) groups is 1. The summed E-state index contributed by atoms with van der Waals surface area (Å²) in [5.74, 6) is 2.60. The summed E-state index contributed by atoms with van der Waals surface area (Å²) in [4.78, 5) is 16.8. The number of nitrogens with one attached hydrogen (secondary N) is 1. The number of Topliss-reactive ketones (excluding diaryl/α,β-unsaturated/α-hetero) is 1. The van der Waals surface area contributed by atoms with Crippen molar-refractivity contribution in [1.29, 1.82) is 0 Å². The van der Waals surface area contributed by atoms with Gasteiger partial charge in [-0.2, -0.15) is 0 Å². The minimum atomic E-state index is -0.248. The van der Waals surface area contributed by atoms with Crippen molar-refractivity contribution >= 4 is 28.3 Å². The van der Waals surface area contributed by atoms with Gasteiger partial charge >= 0.3 is 0 Å². The first-order chi connectivity index (χ1) is 13.7. The van der Waals surface area contributed by atoms with Gasteiger partial charge in [-0.1, -0.05) is 33.3 Å². The zero-order valence-electron chi connectivity index (χ0n) is 18.3. The molecule has 1 aromatic carbocycles. The molecule has 156 valence electrons. The van der Waals surface area contributed by atoms with E-state index in [1.807, 2.05) is 51.2 Å². The lowest BCUT2D eigenvalue weighted by molar-refractivity contribution is -0.126. The van der Waals surface area contributed by atoms with Gasteiger partial charge in [0.25, 0.3) is 0 Å². The zero-order valence-corrected chi connectivity index (χ0v) is 18.3. The van der Waals surface area contributed by atoms with E-state index in [0.29, 0.717) is 23.7 Å². The number of unbranched alkanes of at least 4 members (excludes halogenated alkanes) is 2. The van der Waals surface area contributed by atoms with Crippen LogP contribution < -0.4 is 10.1 Å².